The monoisotopic (exact) mass is 473 g/mol. The molecule has 0 saturated carbocycles. The number of likely N-dealkylation sites (N-methyl/N-ethyl adjacent to an activating group) is 1. The molecule has 0 unspecified atom stereocenters. The molecule has 0 fully saturated rings. The molecule has 0 aliphatic rings. The molecule has 0 aliphatic heterocycles. The maximum atomic E-state index is 12.2. The number of carbonyl (C=O) groups excluding carboxylic acids is 2. The quantitative estimate of drug-likeness (QED) is 0.580. The molecule has 1 aromatic heterocycles. The maximum Gasteiger partial charge on any atom is 0.264 e. The number of nitrogens with one attached hydrogen (secondary N) is 2. The van der Waals surface area contributed by atoms with E-state index in [2.05, 4.69) is 26.0 Å². The topological polar surface area (TPSA) is 95.6 Å². The lowest BCUT2D eigenvalue weighted by atomic mass is 10.2. The lowest BCUT2D eigenvalue weighted by Crippen LogP contribution is -2.40. The van der Waals surface area contributed by atoms with E-state index in [9.17, 15) is 18.0 Å². The summed E-state index contributed by atoms with van der Waals surface area (Å²) >= 11 is 4.57. The number of thiophene rings is 1. The Bertz CT molecular complexity index is 885. The van der Waals surface area contributed by atoms with E-state index in [1.807, 2.05) is 30.3 Å². The molecule has 2 aromatic rings. The third-order valence-corrected chi connectivity index (χ3v) is 6.48. The van der Waals surface area contributed by atoms with Crippen molar-refractivity contribution in [3.8, 4) is 0 Å². The molecule has 0 aliphatic carbocycles. The molecule has 27 heavy (non-hydrogen) atoms. The zero-order valence-electron chi connectivity index (χ0n) is 14.6. The molecule has 0 radical (unpaired) electrons. The molecule has 2 rings (SSSR count). The predicted octanol–water partition coefficient (Wildman–Crippen LogP) is 1.82. The van der Waals surface area contributed by atoms with Gasteiger partial charge in [-0.2, -0.15) is 0 Å². The van der Waals surface area contributed by atoms with Gasteiger partial charge >= 0.3 is 0 Å². The zero-order chi connectivity index (χ0) is 19.9. The normalized spacial score (nSPS) is 11.2. The van der Waals surface area contributed by atoms with Crippen molar-refractivity contribution in [2.45, 2.75) is 6.54 Å². The lowest BCUT2D eigenvalue weighted by Gasteiger charge is -2.16. The van der Waals surface area contributed by atoms with Crippen molar-refractivity contribution < 1.29 is 18.0 Å². The largest absolute Gasteiger partial charge is 0.353 e. The Labute approximate surface area is 170 Å². The van der Waals surface area contributed by atoms with E-state index in [4.69, 9.17) is 0 Å². The summed E-state index contributed by atoms with van der Waals surface area (Å²) in [5, 5.41) is 2.52. The minimum Gasteiger partial charge on any atom is -0.353 e. The molecular formula is C17H20BrN3O4S2. The van der Waals surface area contributed by atoms with E-state index >= 15 is 0 Å². The predicted molar refractivity (Wildman–Crippen MR) is 109 cm³/mol. The molecule has 1 aromatic carbocycles. The van der Waals surface area contributed by atoms with E-state index in [-0.39, 0.29) is 31.3 Å². The number of rotatable bonds is 9. The first-order chi connectivity index (χ1) is 12.8. The van der Waals surface area contributed by atoms with Gasteiger partial charge in [-0.15, -0.1) is 11.3 Å². The smallest absolute Gasteiger partial charge is 0.264 e. The van der Waals surface area contributed by atoms with Gasteiger partial charge in [-0.3, -0.25) is 9.59 Å². The Balaban J connectivity index is 1.72. The lowest BCUT2D eigenvalue weighted by molar-refractivity contribution is -0.121. The minimum absolute atomic E-state index is 0.0322. The number of nitrogens with zero attached hydrogens (tertiary/aromatic N) is 1. The van der Waals surface area contributed by atoms with E-state index in [0.717, 1.165) is 9.35 Å². The Morgan fingerprint density at radius 2 is 1.85 bits per heavy atom. The summed E-state index contributed by atoms with van der Waals surface area (Å²) in [4.78, 5) is 25.9. The van der Waals surface area contributed by atoms with Crippen LogP contribution in [0.15, 0.2) is 46.3 Å². The second-order valence-corrected chi connectivity index (χ2v) is 10.1. The van der Waals surface area contributed by atoms with Crippen molar-refractivity contribution in [1.29, 1.82) is 0 Å². The summed E-state index contributed by atoms with van der Waals surface area (Å²) in [6.45, 7) is 0.0200. The number of halogens is 1. The summed E-state index contributed by atoms with van der Waals surface area (Å²) in [6, 6.07) is 12.6. The van der Waals surface area contributed by atoms with Gasteiger partial charge in [0.15, 0.2) is 0 Å². The van der Waals surface area contributed by atoms with Gasteiger partial charge < -0.3 is 10.2 Å². The Hall–Kier alpha value is -1.75. The van der Waals surface area contributed by atoms with Gasteiger partial charge in [0.1, 0.15) is 0 Å². The number of amides is 2. The first-order valence-electron chi connectivity index (χ1n) is 8.05. The Morgan fingerprint density at radius 1 is 1.15 bits per heavy atom. The number of sulfonamides is 1. The van der Waals surface area contributed by atoms with Crippen LogP contribution in [0.3, 0.4) is 0 Å². The van der Waals surface area contributed by atoms with Gasteiger partial charge in [-0.25, -0.2) is 13.1 Å². The van der Waals surface area contributed by atoms with Crippen LogP contribution in [-0.4, -0.2) is 51.0 Å². The van der Waals surface area contributed by atoms with Gasteiger partial charge in [-0.1, -0.05) is 30.3 Å². The fraction of sp³-hybridized carbons (Fsp3) is 0.294. The molecule has 0 saturated heterocycles. The molecule has 2 amide bonds. The van der Waals surface area contributed by atoms with E-state index < -0.39 is 15.9 Å². The van der Waals surface area contributed by atoms with E-state index in [1.54, 1.807) is 12.1 Å². The van der Waals surface area contributed by atoms with E-state index in [1.165, 1.54) is 23.3 Å². The Kier molecular flexibility index (Phi) is 7.96. The average molecular weight is 474 g/mol. The molecule has 0 atom stereocenters. The maximum absolute atomic E-state index is 12.2. The van der Waals surface area contributed by atoms with Crippen LogP contribution in [0, 0.1) is 0 Å². The molecular weight excluding hydrogens is 454 g/mol. The number of hydrogen-bond donors (Lipinski definition) is 2. The second kappa shape index (κ2) is 9.98. The zero-order valence-corrected chi connectivity index (χ0v) is 17.9. The van der Waals surface area contributed by atoms with Crippen molar-refractivity contribution in [3.63, 3.8) is 0 Å². The number of carbonyl (C=O) groups is 2. The standard InChI is InChI=1S/C17H20BrN3O4S2/c1-21(17(23)14-7-8-15(18)26-14)12-16(22)19-9-10-27(24,25)20-11-13-5-3-2-4-6-13/h2-8,20H,9-12H2,1H3,(H,19,22). The van der Waals surface area contributed by atoms with Crippen molar-refractivity contribution in [3.05, 3.63) is 56.7 Å². The molecule has 7 nitrogen and oxygen atoms in total. The van der Waals surface area contributed by atoms with Gasteiger partial charge in [0.05, 0.1) is 21.0 Å². The van der Waals surface area contributed by atoms with Crippen molar-refractivity contribution in [2.24, 2.45) is 0 Å². The number of benzene rings is 1. The van der Waals surface area contributed by atoms with Gasteiger partial charge in [0.25, 0.3) is 5.91 Å². The fourth-order valence-corrected chi connectivity index (χ4v) is 4.43. The van der Waals surface area contributed by atoms with Crippen LogP contribution in [0.2, 0.25) is 0 Å². The van der Waals surface area contributed by atoms with Gasteiger partial charge in [0.2, 0.25) is 15.9 Å². The summed E-state index contributed by atoms with van der Waals surface area (Å²) in [5.74, 6) is -0.918. The minimum atomic E-state index is -3.51. The molecule has 0 spiro atoms. The molecule has 146 valence electrons. The third kappa shape index (κ3) is 7.41. The van der Waals surface area contributed by atoms with Crippen LogP contribution in [0.5, 0.6) is 0 Å². The average Bonchev–Trinajstić information content (AvgIpc) is 3.06. The summed E-state index contributed by atoms with van der Waals surface area (Å²) in [5.41, 5.74) is 0.852. The van der Waals surface area contributed by atoms with Crippen LogP contribution in [0.25, 0.3) is 0 Å². The highest BCUT2D eigenvalue weighted by Gasteiger charge is 2.17. The molecule has 1 heterocycles. The van der Waals surface area contributed by atoms with Crippen LogP contribution in [0.4, 0.5) is 0 Å². The molecule has 10 heteroatoms. The van der Waals surface area contributed by atoms with Crippen molar-refractivity contribution in [2.75, 3.05) is 25.9 Å². The van der Waals surface area contributed by atoms with Crippen LogP contribution in [-0.2, 0) is 21.4 Å². The molecule has 2 N–H and O–H groups in total. The Morgan fingerprint density at radius 3 is 2.48 bits per heavy atom. The first kappa shape index (κ1) is 21.5. The highest BCUT2D eigenvalue weighted by Crippen LogP contribution is 2.22. The second-order valence-electron chi connectivity index (χ2n) is 5.74. The summed E-state index contributed by atoms with van der Waals surface area (Å²) in [6.07, 6.45) is 0. The highest BCUT2D eigenvalue weighted by atomic mass is 79.9. The molecule has 0 bridgehead atoms. The van der Waals surface area contributed by atoms with Crippen molar-refractivity contribution >= 4 is 49.1 Å². The highest BCUT2D eigenvalue weighted by molar-refractivity contribution is 9.11. The van der Waals surface area contributed by atoms with Crippen LogP contribution < -0.4 is 10.0 Å². The SMILES string of the molecule is CN(CC(=O)NCCS(=O)(=O)NCc1ccccc1)C(=O)c1ccc(Br)s1. The third-order valence-electron chi connectivity index (χ3n) is 3.54. The van der Waals surface area contributed by atoms with Gasteiger partial charge in [-0.05, 0) is 33.6 Å². The van der Waals surface area contributed by atoms with Crippen LogP contribution >= 0.6 is 27.3 Å². The summed E-state index contributed by atoms with van der Waals surface area (Å²) < 4.78 is 27.3. The summed E-state index contributed by atoms with van der Waals surface area (Å²) in [7, 11) is -1.99. The number of hydrogen-bond acceptors (Lipinski definition) is 5. The van der Waals surface area contributed by atoms with Crippen molar-refractivity contribution in [1.82, 2.24) is 14.9 Å². The van der Waals surface area contributed by atoms with Gasteiger partial charge in [0, 0.05) is 20.1 Å². The van der Waals surface area contributed by atoms with Crippen LogP contribution in [0.1, 0.15) is 15.2 Å². The fourth-order valence-electron chi connectivity index (χ4n) is 2.15. The first-order valence-corrected chi connectivity index (χ1v) is 11.3. The van der Waals surface area contributed by atoms with E-state index in [0.29, 0.717) is 4.88 Å².